The van der Waals surface area contributed by atoms with E-state index in [2.05, 4.69) is 28.9 Å². The third-order valence-corrected chi connectivity index (χ3v) is 5.26. The van der Waals surface area contributed by atoms with Crippen molar-refractivity contribution in [2.45, 2.75) is 25.2 Å². The van der Waals surface area contributed by atoms with Crippen molar-refractivity contribution in [2.24, 2.45) is 5.92 Å². The number of nitrogens with one attached hydrogen (secondary N) is 2. The van der Waals surface area contributed by atoms with E-state index in [1.54, 1.807) is 18.2 Å². The summed E-state index contributed by atoms with van der Waals surface area (Å²) in [6, 6.07) is 8.01. The third kappa shape index (κ3) is 5.04. The van der Waals surface area contributed by atoms with Crippen molar-refractivity contribution in [3.63, 3.8) is 0 Å². The minimum atomic E-state index is -3.69. The van der Waals surface area contributed by atoms with Crippen molar-refractivity contribution < 1.29 is 13.2 Å². The Bertz CT molecular complexity index is 755. The first kappa shape index (κ1) is 17.4. The number of sulfonamides is 1. The van der Waals surface area contributed by atoms with Gasteiger partial charge in [-0.2, -0.15) is 0 Å². The van der Waals surface area contributed by atoms with E-state index in [0.29, 0.717) is 12.5 Å². The van der Waals surface area contributed by atoms with Crippen LogP contribution in [0.3, 0.4) is 0 Å². The standard InChI is InChI=1S/C15H19N3O3S2/c1-11(2)8-9-16-14(19)13-10-22-15(17-13)18-23(20,21)12-6-4-3-5-7-12/h3-7,10-11H,8-9H2,1-2H3,(H,16,19)(H,17,18). The Morgan fingerprint density at radius 1 is 1.26 bits per heavy atom. The first-order valence-electron chi connectivity index (χ1n) is 7.20. The normalized spacial score (nSPS) is 11.4. The molecule has 2 aromatic rings. The summed E-state index contributed by atoms with van der Waals surface area (Å²) in [6.07, 6.45) is 0.878. The molecule has 8 heteroatoms. The highest BCUT2D eigenvalue weighted by atomic mass is 32.2. The van der Waals surface area contributed by atoms with Crippen LogP contribution in [0, 0.1) is 5.92 Å². The summed E-state index contributed by atoms with van der Waals surface area (Å²) in [5.74, 6) is 0.200. The van der Waals surface area contributed by atoms with E-state index in [1.165, 1.54) is 17.5 Å². The number of hydrogen-bond acceptors (Lipinski definition) is 5. The minimum Gasteiger partial charge on any atom is -0.351 e. The Morgan fingerprint density at radius 2 is 1.96 bits per heavy atom. The van der Waals surface area contributed by atoms with Crippen LogP contribution in [-0.2, 0) is 10.0 Å². The lowest BCUT2D eigenvalue weighted by Crippen LogP contribution is -2.25. The van der Waals surface area contributed by atoms with Crippen LogP contribution >= 0.6 is 11.3 Å². The number of thiazole rings is 1. The van der Waals surface area contributed by atoms with Crippen LogP contribution in [0.15, 0.2) is 40.6 Å². The summed E-state index contributed by atoms with van der Waals surface area (Å²) in [7, 11) is -3.69. The van der Waals surface area contributed by atoms with Gasteiger partial charge in [-0.15, -0.1) is 11.3 Å². The van der Waals surface area contributed by atoms with Crippen LogP contribution in [0.4, 0.5) is 5.13 Å². The van der Waals surface area contributed by atoms with Gasteiger partial charge in [0.25, 0.3) is 15.9 Å². The molecule has 0 fully saturated rings. The summed E-state index contributed by atoms with van der Waals surface area (Å²) >= 11 is 1.08. The number of aromatic nitrogens is 1. The van der Waals surface area contributed by atoms with Crippen LogP contribution in [0.1, 0.15) is 30.8 Å². The van der Waals surface area contributed by atoms with Crippen LogP contribution in [0.25, 0.3) is 0 Å². The zero-order valence-electron chi connectivity index (χ0n) is 12.9. The molecule has 1 aromatic carbocycles. The molecule has 6 nitrogen and oxygen atoms in total. The number of anilines is 1. The molecule has 0 aliphatic carbocycles. The van der Waals surface area contributed by atoms with Crippen LogP contribution in [0.5, 0.6) is 0 Å². The van der Waals surface area contributed by atoms with Gasteiger partial charge in [0.15, 0.2) is 5.13 Å². The number of rotatable bonds is 7. The Hall–Kier alpha value is -1.93. The maximum atomic E-state index is 12.2. The van der Waals surface area contributed by atoms with Gasteiger partial charge >= 0.3 is 0 Å². The Balaban J connectivity index is 2.01. The molecular weight excluding hydrogens is 334 g/mol. The van der Waals surface area contributed by atoms with E-state index in [1.807, 2.05) is 0 Å². The summed E-state index contributed by atoms with van der Waals surface area (Å²) in [6.45, 7) is 4.72. The van der Waals surface area contributed by atoms with E-state index >= 15 is 0 Å². The Kier molecular flexibility index (Phi) is 5.73. The van der Waals surface area contributed by atoms with E-state index < -0.39 is 10.0 Å². The molecule has 0 unspecified atom stereocenters. The molecule has 0 radical (unpaired) electrons. The lowest BCUT2D eigenvalue weighted by Gasteiger charge is -2.05. The summed E-state index contributed by atoms with van der Waals surface area (Å²) in [4.78, 5) is 16.1. The monoisotopic (exact) mass is 353 g/mol. The molecule has 0 atom stereocenters. The number of amides is 1. The van der Waals surface area contributed by atoms with Gasteiger partial charge in [-0.1, -0.05) is 32.0 Å². The summed E-state index contributed by atoms with van der Waals surface area (Å²) in [5.41, 5.74) is 0.213. The van der Waals surface area contributed by atoms with E-state index in [0.717, 1.165) is 17.8 Å². The van der Waals surface area contributed by atoms with E-state index in [9.17, 15) is 13.2 Å². The van der Waals surface area contributed by atoms with Gasteiger partial charge in [-0.3, -0.25) is 9.52 Å². The largest absolute Gasteiger partial charge is 0.351 e. The van der Waals surface area contributed by atoms with Crippen molar-refractivity contribution in [3.8, 4) is 0 Å². The van der Waals surface area contributed by atoms with Gasteiger partial charge in [-0.05, 0) is 24.5 Å². The second-order valence-corrected chi connectivity index (χ2v) is 7.94. The predicted molar refractivity (Wildman–Crippen MR) is 91.2 cm³/mol. The zero-order valence-corrected chi connectivity index (χ0v) is 14.6. The van der Waals surface area contributed by atoms with Gasteiger partial charge < -0.3 is 5.32 Å². The fraction of sp³-hybridized carbons (Fsp3) is 0.333. The molecule has 2 N–H and O–H groups in total. The van der Waals surface area contributed by atoms with Crippen LogP contribution in [0.2, 0.25) is 0 Å². The third-order valence-electron chi connectivity index (χ3n) is 3.02. The van der Waals surface area contributed by atoms with Gasteiger partial charge in [0.2, 0.25) is 0 Å². The molecular formula is C15H19N3O3S2. The molecule has 23 heavy (non-hydrogen) atoms. The average Bonchev–Trinajstić information content (AvgIpc) is 2.95. The van der Waals surface area contributed by atoms with Crippen molar-refractivity contribution in [2.75, 3.05) is 11.3 Å². The van der Waals surface area contributed by atoms with E-state index in [-0.39, 0.29) is 21.6 Å². The van der Waals surface area contributed by atoms with Crippen LogP contribution in [-0.4, -0.2) is 25.9 Å². The molecule has 0 saturated heterocycles. The molecule has 0 aliphatic heterocycles. The average molecular weight is 353 g/mol. The summed E-state index contributed by atoms with van der Waals surface area (Å²) < 4.78 is 26.7. The van der Waals surface area contributed by atoms with Gasteiger partial charge in [0.1, 0.15) is 5.69 Å². The Labute approximate surface area is 140 Å². The second kappa shape index (κ2) is 7.56. The maximum absolute atomic E-state index is 12.2. The molecule has 0 aliphatic rings. The topological polar surface area (TPSA) is 88.2 Å². The molecule has 0 bridgehead atoms. The number of nitrogens with zero attached hydrogens (tertiary/aromatic N) is 1. The molecule has 1 heterocycles. The highest BCUT2D eigenvalue weighted by Gasteiger charge is 2.17. The van der Waals surface area contributed by atoms with Gasteiger partial charge in [0, 0.05) is 11.9 Å². The highest BCUT2D eigenvalue weighted by Crippen LogP contribution is 2.20. The molecule has 2 rings (SSSR count). The van der Waals surface area contributed by atoms with Crippen molar-refractivity contribution in [1.29, 1.82) is 0 Å². The SMILES string of the molecule is CC(C)CCNC(=O)c1csc(NS(=O)(=O)c2ccccc2)n1. The lowest BCUT2D eigenvalue weighted by molar-refractivity contribution is 0.0948. The second-order valence-electron chi connectivity index (χ2n) is 5.39. The van der Waals surface area contributed by atoms with E-state index in [4.69, 9.17) is 0 Å². The first-order chi connectivity index (χ1) is 10.9. The molecule has 1 aromatic heterocycles. The molecule has 124 valence electrons. The number of hydrogen-bond donors (Lipinski definition) is 2. The highest BCUT2D eigenvalue weighted by molar-refractivity contribution is 7.93. The predicted octanol–water partition coefficient (Wildman–Crippen LogP) is 2.72. The fourth-order valence-electron chi connectivity index (χ4n) is 1.76. The van der Waals surface area contributed by atoms with Crippen molar-refractivity contribution >= 4 is 32.4 Å². The first-order valence-corrected chi connectivity index (χ1v) is 9.56. The maximum Gasteiger partial charge on any atom is 0.270 e. The van der Waals surface area contributed by atoms with Gasteiger partial charge in [0.05, 0.1) is 4.90 Å². The number of benzene rings is 1. The minimum absolute atomic E-state index is 0.151. The molecule has 0 saturated carbocycles. The summed E-state index contributed by atoms with van der Waals surface area (Å²) in [5, 5.41) is 4.47. The van der Waals surface area contributed by atoms with Gasteiger partial charge in [-0.25, -0.2) is 13.4 Å². The van der Waals surface area contributed by atoms with Crippen molar-refractivity contribution in [3.05, 3.63) is 41.4 Å². The zero-order chi connectivity index (χ0) is 16.9. The fourth-order valence-corrected chi connectivity index (χ4v) is 3.73. The number of carbonyl (C=O) groups excluding carboxylic acids is 1. The molecule has 0 spiro atoms. The number of carbonyl (C=O) groups is 1. The van der Waals surface area contributed by atoms with Crippen molar-refractivity contribution in [1.82, 2.24) is 10.3 Å². The smallest absolute Gasteiger partial charge is 0.270 e. The van der Waals surface area contributed by atoms with Crippen LogP contribution < -0.4 is 10.0 Å². The molecule has 1 amide bonds. The Morgan fingerprint density at radius 3 is 2.61 bits per heavy atom. The lowest BCUT2D eigenvalue weighted by atomic mass is 10.1. The quantitative estimate of drug-likeness (QED) is 0.801.